The minimum atomic E-state index is -0.647. The van der Waals surface area contributed by atoms with E-state index in [2.05, 4.69) is 5.32 Å². The molecule has 5 N–H and O–H groups in total. The monoisotopic (exact) mass is 402 g/mol. The molecule has 0 aliphatic carbocycles. The average molecular weight is 402 g/mol. The number of nitrogens with two attached hydrogens (primary N) is 1. The number of nitrogens with one attached hydrogen (secondary N) is 1. The number of aromatic hydroxyl groups is 2. The number of benzene rings is 1. The van der Waals surface area contributed by atoms with Gasteiger partial charge in [0.05, 0.1) is 0 Å². The first-order chi connectivity index (χ1) is 13.9. The van der Waals surface area contributed by atoms with Gasteiger partial charge in [0.25, 0.3) is 5.56 Å². The number of pyridine rings is 1. The summed E-state index contributed by atoms with van der Waals surface area (Å²) in [5, 5.41) is 21.8. The van der Waals surface area contributed by atoms with Crippen LogP contribution in [-0.4, -0.2) is 57.7 Å². The van der Waals surface area contributed by atoms with E-state index in [4.69, 9.17) is 5.73 Å². The van der Waals surface area contributed by atoms with Crippen LogP contribution in [0.4, 0.5) is 0 Å². The highest BCUT2D eigenvalue weighted by atomic mass is 16.3. The van der Waals surface area contributed by atoms with Crippen LogP contribution in [0.5, 0.6) is 11.5 Å². The normalized spacial score (nSPS) is 10.5. The molecule has 9 heteroatoms. The number of rotatable bonds is 10. The maximum Gasteiger partial charge on any atom is 0.293 e. The Bertz CT molecular complexity index is 896. The molecule has 0 fully saturated rings. The van der Waals surface area contributed by atoms with Crippen LogP contribution in [0.1, 0.15) is 12.0 Å². The number of carbonyl (C=O) groups is 2. The zero-order valence-electron chi connectivity index (χ0n) is 16.1. The van der Waals surface area contributed by atoms with Crippen molar-refractivity contribution in [1.82, 2.24) is 14.8 Å². The van der Waals surface area contributed by atoms with Crippen LogP contribution in [0.3, 0.4) is 0 Å². The summed E-state index contributed by atoms with van der Waals surface area (Å²) < 4.78 is 1.10. The van der Waals surface area contributed by atoms with Crippen LogP contribution in [0, 0.1) is 0 Å². The summed E-state index contributed by atoms with van der Waals surface area (Å²) in [6, 6.07) is 9.57. The van der Waals surface area contributed by atoms with Gasteiger partial charge < -0.3 is 30.7 Å². The molecule has 0 spiro atoms. The van der Waals surface area contributed by atoms with Crippen molar-refractivity contribution in [2.75, 3.05) is 26.2 Å². The summed E-state index contributed by atoms with van der Waals surface area (Å²) in [4.78, 5) is 37.8. The number of aromatic nitrogens is 1. The summed E-state index contributed by atoms with van der Waals surface area (Å²) >= 11 is 0. The van der Waals surface area contributed by atoms with Crippen molar-refractivity contribution in [3.8, 4) is 11.5 Å². The van der Waals surface area contributed by atoms with Crippen LogP contribution in [0.25, 0.3) is 0 Å². The fraction of sp³-hybridized carbons (Fsp3) is 0.350. The van der Waals surface area contributed by atoms with Gasteiger partial charge in [-0.05, 0) is 30.2 Å². The number of amides is 2. The average Bonchev–Trinajstić information content (AvgIpc) is 2.70. The molecule has 2 amide bonds. The SMILES string of the molecule is NCCN(CCNC(=O)Cn1cccc(O)c1=O)C(=O)CCc1ccccc1O. The standard InChI is InChI=1S/C20H26N4O5/c21-9-12-23(19(28)8-7-15-4-1-2-5-16(15)25)13-10-22-18(27)14-24-11-3-6-17(26)20(24)29/h1-6,11,25-26H,7-10,12-14,21H2,(H,22,27). The highest BCUT2D eigenvalue weighted by Crippen LogP contribution is 2.17. The van der Waals surface area contributed by atoms with Crippen molar-refractivity contribution >= 4 is 11.8 Å². The molecule has 0 aliphatic heterocycles. The molecule has 0 bridgehead atoms. The van der Waals surface area contributed by atoms with Crippen LogP contribution < -0.4 is 16.6 Å². The van der Waals surface area contributed by atoms with E-state index >= 15 is 0 Å². The molecule has 2 rings (SSSR count). The molecule has 0 atom stereocenters. The summed E-state index contributed by atoms with van der Waals surface area (Å²) in [5.41, 5.74) is 5.63. The van der Waals surface area contributed by atoms with Gasteiger partial charge in [-0.15, -0.1) is 0 Å². The molecule has 0 aliphatic rings. The third-order valence-corrected chi connectivity index (χ3v) is 4.37. The molecular formula is C20H26N4O5. The highest BCUT2D eigenvalue weighted by Gasteiger charge is 2.14. The molecule has 1 aromatic heterocycles. The van der Waals surface area contributed by atoms with Crippen molar-refractivity contribution in [2.45, 2.75) is 19.4 Å². The Morgan fingerprint density at radius 1 is 1.07 bits per heavy atom. The molecule has 0 unspecified atom stereocenters. The third-order valence-electron chi connectivity index (χ3n) is 4.37. The lowest BCUT2D eigenvalue weighted by atomic mass is 10.1. The summed E-state index contributed by atoms with van der Waals surface area (Å²) in [6.07, 6.45) is 2.02. The minimum Gasteiger partial charge on any atom is -0.508 e. The van der Waals surface area contributed by atoms with Gasteiger partial charge in [-0.25, -0.2) is 0 Å². The molecule has 156 valence electrons. The molecule has 1 heterocycles. The third kappa shape index (κ3) is 6.65. The molecular weight excluding hydrogens is 376 g/mol. The van der Waals surface area contributed by atoms with E-state index in [-0.39, 0.29) is 44.3 Å². The van der Waals surface area contributed by atoms with Gasteiger partial charge in [0.2, 0.25) is 11.8 Å². The molecule has 9 nitrogen and oxygen atoms in total. The molecule has 1 aromatic carbocycles. The van der Waals surface area contributed by atoms with Gasteiger partial charge in [-0.3, -0.25) is 14.4 Å². The topological polar surface area (TPSA) is 138 Å². The lowest BCUT2D eigenvalue weighted by Crippen LogP contribution is -2.42. The van der Waals surface area contributed by atoms with Gasteiger partial charge in [0.15, 0.2) is 5.75 Å². The van der Waals surface area contributed by atoms with Gasteiger partial charge in [0, 0.05) is 38.8 Å². The number of hydrogen-bond acceptors (Lipinski definition) is 6. The Labute approximate surface area is 168 Å². The first-order valence-electron chi connectivity index (χ1n) is 9.32. The molecule has 0 saturated carbocycles. The zero-order valence-corrected chi connectivity index (χ0v) is 16.1. The predicted molar refractivity (Wildman–Crippen MR) is 107 cm³/mol. The summed E-state index contributed by atoms with van der Waals surface area (Å²) in [5.74, 6) is -0.811. The van der Waals surface area contributed by atoms with E-state index in [0.717, 1.165) is 4.57 Å². The van der Waals surface area contributed by atoms with E-state index in [0.29, 0.717) is 18.5 Å². The van der Waals surface area contributed by atoms with E-state index in [1.54, 1.807) is 29.2 Å². The van der Waals surface area contributed by atoms with Crippen LogP contribution in [-0.2, 0) is 22.6 Å². The lowest BCUT2D eigenvalue weighted by molar-refractivity contribution is -0.131. The second-order valence-corrected chi connectivity index (χ2v) is 6.47. The Morgan fingerprint density at radius 2 is 1.79 bits per heavy atom. The van der Waals surface area contributed by atoms with Crippen LogP contribution in [0.15, 0.2) is 47.4 Å². The molecule has 0 radical (unpaired) electrons. The first-order valence-corrected chi connectivity index (χ1v) is 9.32. The summed E-state index contributed by atoms with van der Waals surface area (Å²) in [7, 11) is 0. The van der Waals surface area contributed by atoms with Crippen molar-refractivity contribution in [3.05, 3.63) is 58.5 Å². The van der Waals surface area contributed by atoms with E-state index < -0.39 is 17.2 Å². The van der Waals surface area contributed by atoms with Crippen molar-refractivity contribution < 1.29 is 19.8 Å². The fourth-order valence-electron chi connectivity index (χ4n) is 2.83. The quantitative estimate of drug-likeness (QED) is 0.434. The molecule has 29 heavy (non-hydrogen) atoms. The number of nitrogens with zero attached hydrogens (tertiary/aromatic N) is 2. The van der Waals surface area contributed by atoms with Crippen molar-refractivity contribution in [2.24, 2.45) is 5.73 Å². The van der Waals surface area contributed by atoms with Crippen molar-refractivity contribution in [1.29, 1.82) is 0 Å². The number of carbonyl (C=O) groups excluding carboxylic acids is 2. The van der Waals surface area contributed by atoms with E-state index in [1.165, 1.54) is 18.3 Å². The van der Waals surface area contributed by atoms with E-state index in [9.17, 15) is 24.6 Å². The van der Waals surface area contributed by atoms with Crippen molar-refractivity contribution in [3.63, 3.8) is 0 Å². The van der Waals surface area contributed by atoms with E-state index in [1.807, 2.05) is 0 Å². The molecule has 0 saturated heterocycles. The number of hydrogen-bond donors (Lipinski definition) is 4. The van der Waals surface area contributed by atoms with Crippen LogP contribution in [0.2, 0.25) is 0 Å². The number of aryl methyl sites for hydroxylation is 1. The number of para-hydroxylation sites is 1. The highest BCUT2D eigenvalue weighted by molar-refractivity contribution is 5.77. The maximum atomic E-state index is 12.5. The minimum absolute atomic E-state index is 0.128. The first kappa shape index (κ1) is 22.0. The van der Waals surface area contributed by atoms with Gasteiger partial charge in [0.1, 0.15) is 12.3 Å². The second-order valence-electron chi connectivity index (χ2n) is 6.47. The summed E-state index contributed by atoms with van der Waals surface area (Å²) in [6.45, 7) is 0.883. The smallest absolute Gasteiger partial charge is 0.293 e. The Morgan fingerprint density at radius 3 is 2.52 bits per heavy atom. The fourth-order valence-corrected chi connectivity index (χ4v) is 2.83. The second kappa shape index (κ2) is 10.9. The maximum absolute atomic E-state index is 12.5. The molecule has 2 aromatic rings. The van der Waals surface area contributed by atoms with Crippen LogP contribution >= 0.6 is 0 Å². The number of phenolic OH excluding ortho intramolecular Hbond substituents is 1. The van der Waals surface area contributed by atoms with Gasteiger partial charge in [-0.1, -0.05) is 18.2 Å². The largest absolute Gasteiger partial charge is 0.508 e. The Kier molecular flexibility index (Phi) is 8.23. The lowest BCUT2D eigenvalue weighted by Gasteiger charge is -2.22. The van der Waals surface area contributed by atoms with Gasteiger partial charge >= 0.3 is 0 Å². The Balaban J connectivity index is 1.82. The van der Waals surface area contributed by atoms with Gasteiger partial charge in [-0.2, -0.15) is 0 Å². The number of phenols is 1. The predicted octanol–water partition coefficient (Wildman–Crippen LogP) is -0.204. The zero-order chi connectivity index (χ0) is 21.2. The Hall–Kier alpha value is -3.33.